The molecule has 0 heterocycles. The Morgan fingerprint density at radius 2 is 1.91 bits per heavy atom. The molecule has 0 aromatic carbocycles. The summed E-state index contributed by atoms with van der Waals surface area (Å²) in [7, 11) is 0. The van der Waals surface area contributed by atoms with Crippen LogP contribution in [0.1, 0.15) is 33.6 Å². The number of hydrogen-bond donors (Lipinski definition) is 1. The van der Waals surface area contributed by atoms with Crippen molar-refractivity contribution in [2.75, 3.05) is 12.0 Å². The van der Waals surface area contributed by atoms with Crippen molar-refractivity contribution in [3.05, 3.63) is 0 Å². The molecule has 1 nitrogen and oxygen atoms in total. The van der Waals surface area contributed by atoms with Gasteiger partial charge in [-0.2, -0.15) is 11.8 Å². The van der Waals surface area contributed by atoms with Gasteiger partial charge in [0, 0.05) is 17.8 Å². The van der Waals surface area contributed by atoms with E-state index in [1.807, 2.05) is 11.8 Å². The third-order valence-corrected chi connectivity index (χ3v) is 2.73. The van der Waals surface area contributed by atoms with E-state index in [2.05, 4.69) is 32.3 Å². The molecule has 2 heteroatoms. The number of hydrogen-bond acceptors (Lipinski definition) is 2. The molecular weight excluding hydrogens is 154 g/mol. The van der Waals surface area contributed by atoms with Crippen LogP contribution in [-0.2, 0) is 0 Å². The molecule has 0 saturated heterocycles. The van der Waals surface area contributed by atoms with E-state index in [-0.39, 0.29) is 0 Å². The maximum atomic E-state index is 3.60. The van der Waals surface area contributed by atoms with Crippen LogP contribution in [0.4, 0.5) is 0 Å². The first kappa shape index (κ1) is 11.3. The monoisotopic (exact) mass is 175 g/mol. The minimum Gasteiger partial charge on any atom is -0.311 e. The van der Waals surface area contributed by atoms with Gasteiger partial charge in [0.2, 0.25) is 0 Å². The lowest BCUT2D eigenvalue weighted by Crippen LogP contribution is -2.37. The smallest absolute Gasteiger partial charge is 0.0157 e. The van der Waals surface area contributed by atoms with Crippen LogP contribution >= 0.6 is 11.8 Å². The van der Waals surface area contributed by atoms with Gasteiger partial charge in [0.15, 0.2) is 0 Å². The van der Waals surface area contributed by atoms with Crippen molar-refractivity contribution >= 4 is 11.8 Å². The summed E-state index contributed by atoms with van der Waals surface area (Å²) >= 11 is 1.92. The summed E-state index contributed by atoms with van der Waals surface area (Å²) in [5, 5.41) is 3.60. The topological polar surface area (TPSA) is 12.0 Å². The minimum absolute atomic E-state index is 0.673. The third-order valence-electron chi connectivity index (χ3n) is 1.99. The van der Waals surface area contributed by atoms with Crippen LogP contribution in [0.3, 0.4) is 0 Å². The van der Waals surface area contributed by atoms with Gasteiger partial charge in [0.1, 0.15) is 0 Å². The lowest BCUT2D eigenvalue weighted by molar-refractivity contribution is 0.454. The summed E-state index contributed by atoms with van der Waals surface area (Å²) in [6.07, 6.45) is 4.64. The predicted molar refractivity (Wildman–Crippen MR) is 55.3 cm³/mol. The summed E-state index contributed by atoms with van der Waals surface area (Å²) < 4.78 is 0. The Labute approximate surface area is 75.3 Å². The normalized spacial score (nSPS) is 16.4. The van der Waals surface area contributed by atoms with Crippen molar-refractivity contribution in [2.45, 2.75) is 45.7 Å². The highest BCUT2D eigenvalue weighted by Gasteiger charge is 2.06. The van der Waals surface area contributed by atoms with Crippen LogP contribution in [0.2, 0.25) is 0 Å². The van der Waals surface area contributed by atoms with E-state index in [0.717, 1.165) is 0 Å². The molecule has 11 heavy (non-hydrogen) atoms. The molecule has 1 N–H and O–H groups in total. The highest BCUT2D eigenvalue weighted by atomic mass is 32.2. The summed E-state index contributed by atoms with van der Waals surface area (Å²) in [6.45, 7) is 6.72. The zero-order valence-corrected chi connectivity index (χ0v) is 9.00. The Morgan fingerprint density at radius 1 is 1.27 bits per heavy atom. The van der Waals surface area contributed by atoms with E-state index in [9.17, 15) is 0 Å². The Bertz CT molecular complexity index is 85.6. The average Bonchev–Trinajstić information content (AvgIpc) is 2.03. The molecule has 0 spiro atoms. The van der Waals surface area contributed by atoms with Gasteiger partial charge in [-0.3, -0.25) is 0 Å². The van der Waals surface area contributed by atoms with Gasteiger partial charge in [0.05, 0.1) is 0 Å². The molecule has 68 valence electrons. The van der Waals surface area contributed by atoms with Gasteiger partial charge in [-0.05, 0) is 26.0 Å². The van der Waals surface area contributed by atoms with Crippen molar-refractivity contribution in [3.8, 4) is 0 Å². The Hall–Kier alpha value is 0.310. The fourth-order valence-electron chi connectivity index (χ4n) is 1.01. The summed E-state index contributed by atoms with van der Waals surface area (Å²) in [5.41, 5.74) is 0. The van der Waals surface area contributed by atoms with E-state index in [1.54, 1.807) is 0 Å². The van der Waals surface area contributed by atoms with Gasteiger partial charge >= 0.3 is 0 Å². The first-order valence-corrected chi connectivity index (χ1v) is 5.88. The van der Waals surface area contributed by atoms with E-state index >= 15 is 0 Å². The summed E-state index contributed by atoms with van der Waals surface area (Å²) in [5.74, 6) is 1.24. The molecule has 0 aromatic rings. The zero-order chi connectivity index (χ0) is 8.69. The summed E-state index contributed by atoms with van der Waals surface area (Å²) in [6, 6.07) is 1.38. The molecule has 0 aliphatic carbocycles. The molecule has 0 bridgehead atoms. The molecule has 0 rings (SSSR count). The maximum absolute atomic E-state index is 3.60. The molecule has 0 saturated carbocycles. The predicted octanol–water partition coefficient (Wildman–Crippen LogP) is 2.52. The first-order valence-electron chi connectivity index (χ1n) is 4.49. The Kier molecular flexibility index (Phi) is 7.18. The number of thioether (sulfide) groups is 1. The van der Waals surface area contributed by atoms with Gasteiger partial charge in [-0.25, -0.2) is 0 Å². The number of rotatable bonds is 6. The Morgan fingerprint density at radius 3 is 2.27 bits per heavy atom. The first-order chi connectivity index (χ1) is 5.24. The molecule has 2 atom stereocenters. The van der Waals surface area contributed by atoms with Crippen LogP contribution in [0.15, 0.2) is 0 Å². The van der Waals surface area contributed by atoms with Crippen molar-refractivity contribution in [2.24, 2.45) is 0 Å². The highest BCUT2D eigenvalue weighted by Crippen LogP contribution is 2.03. The lowest BCUT2D eigenvalue weighted by atomic mass is 10.2. The van der Waals surface area contributed by atoms with Gasteiger partial charge < -0.3 is 5.32 Å². The quantitative estimate of drug-likeness (QED) is 0.666. The third kappa shape index (κ3) is 5.57. The van der Waals surface area contributed by atoms with Crippen LogP contribution in [-0.4, -0.2) is 24.1 Å². The average molecular weight is 175 g/mol. The van der Waals surface area contributed by atoms with Crippen molar-refractivity contribution in [3.63, 3.8) is 0 Å². The highest BCUT2D eigenvalue weighted by molar-refractivity contribution is 7.98. The van der Waals surface area contributed by atoms with E-state index in [4.69, 9.17) is 0 Å². The maximum Gasteiger partial charge on any atom is 0.0157 e. The SMILES string of the molecule is CCC(C)NC(CC)CSC. The summed E-state index contributed by atoms with van der Waals surface area (Å²) in [4.78, 5) is 0. The van der Waals surface area contributed by atoms with Crippen molar-refractivity contribution < 1.29 is 0 Å². The minimum atomic E-state index is 0.673. The standard InChI is InChI=1S/C9H21NS/c1-5-8(3)10-9(6-2)7-11-4/h8-10H,5-7H2,1-4H3. The van der Waals surface area contributed by atoms with Crippen molar-refractivity contribution in [1.29, 1.82) is 0 Å². The number of nitrogens with one attached hydrogen (secondary N) is 1. The molecule has 2 unspecified atom stereocenters. The van der Waals surface area contributed by atoms with Crippen LogP contribution < -0.4 is 5.32 Å². The van der Waals surface area contributed by atoms with E-state index < -0.39 is 0 Å². The van der Waals surface area contributed by atoms with E-state index in [0.29, 0.717) is 12.1 Å². The molecular formula is C9H21NS. The second-order valence-corrected chi connectivity index (χ2v) is 3.95. The van der Waals surface area contributed by atoms with Crippen LogP contribution in [0, 0.1) is 0 Å². The zero-order valence-electron chi connectivity index (χ0n) is 8.18. The second kappa shape index (κ2) is 6.99. The molecule has 0 radical (unpaired) electrons. The fourth-order valence-corrected chi connectivity index (χ4v) is 1.74. The molecule has 0 aromatic heterocycles. The fraction of sp³-hybridized carbons (Fsp3) is 1.00. The van der Waals surface area contributed by atoms with Crippen LogP contribution in [0.5, 0.6) is 0 Å². The Balaban J connectivity index is 3.49. The molecule has 0 amide bonds. The van der Waals surface area contributed by atoms with Crippen molar-refractivity contribution in [1.82, 2.24) is 5.32 Å². The van der Waals surface area contributed by atoms with E-state index in [1.165, 1.54) is 18.6 Å². The molecule has 0 aliphatic rings. The second-order valence-electron chi connectivity index (χ2n) is 3.04. The van der Waals surface area contributed by atoms with Crippen LogP contribution in [0.25, 0.3) is 0 Å². The lowest BCUT2D eigenvalue weighted by Gasteiger charge is -2.20. The van der Waals surface area contributed by atoms with Gasteiger partial charge in [-0.15, -0.1) is 0 Å². The molecule has 0 fully saturated rings. The largest absolute Gasteiger partial charge is 0.311 e. The molecule has 0 aliphatic heterocycles. The van der Waals surface area contributed by atoms with Gasteiger partial charge in [-0.1, -0.05) is 13.8 Å². The van der Waals surface area contributed by atoms with Gasteiger partial charge in [0.25, 0.3) is 0 Å².